The molecule has 4 saturated heterocycles. The number of hydrogen-bond acceptors (Lipinski definition) is 20. The zero-order valence-electron chi connectivity index (χ0n) is 46.5. The summed E-state index contributed by atoms with van der Waals surface area (Å²) in [4.78, 5) is 151. The summed E-state index contributed by atoms with van der Waals surface area (Å²) in [6, 6.07) is 1.51. The van der Waals surface area contributed by atoms with Crippen molar-refractivity contribution in [2.24, 2.45) is 11.8 Å². The molecule has 0 aliphatic carbocycles. The van der Waals surface area contributed by atoms with E-state index < -0.39 is 123 Å². The molecule has 7 rings (SSSR count). The summed E-state index contributed by atoms with van der Waals surface area (Å²) >= 11 is -3.91. The van der Waals surface area contributed by atoms with Crippen LogP contribution < -0.4 is 36.8 Å². The minimum absolute atomic E-state index is 0.0304. The fraction of sp³-hybridized carbons (Fsp3) is 0.679. The van der Waals surface area contributed by atoms with Gasteiger partial charge in [-0.1, -0.05) is 38.5 Å². The number of nitrogens with one attached hydrogen (secondary N) is 6. The monoisotopic (exact) mass is 1170 g/mol. The molecule has 8 N–H and O–H groups in total. The van der Waals surface area contributed by atoms with Crippen LogP contribution in [0, 0.1) is 11.8 Å². The lowest BCUT2D eigenvalue weighted by atomic mass is 9.83. The maximum Gasteiger partial charge on any atom is 1.15 e. The molecule has 9 atom stereocenters. The van der Waals surface area contributed by atoms with Crippen molar-refractivity contribution >= 4 is 86.6 Å². The standard InChI is InChI=1S/C53H79N11O16.Al.FH/c1-3-33(2)53(32-65,31-56-38-8-7-35-5-4-6-36-25-40(64(48(35)36)51(38)78)50(77)58-39-26-47(75)80-52(39)79)59-42(67)12-15-54-41(66)11-16-55-49(76)37(9-10-44(69)70)57-43(68)28-60-17-13-34(14-18-60)27-61-19-21-62(29-45(71)72)23-24-63(22-20-61)30-46(73)74;;/h4-6,32-34,37-40,52,56,79H,3,7-31H2,1-2H3,(H,54,66)(H,55,76)(H,57,68)(H,58,77)(H,59,67)(H,69,70)(H,71,72)(H,73,74);;1H/q;+3;/p-3/t33-,37+,38-,39-,40-,52?,53-;;/m0../s1. The van der Waals surface area contributed by atoms with E-state index in [1.54, 1.807) is 6.92 Å². The van der Waals surface area contributed by atoms with Crippen molar-refractivity contribution in [1.29, 1.82) is 0 Å². The summed E-state index contributed by atoms with van der Waals surface area (Å²) in [6.45, 7) is 8.24. The van der Waals surface area contributed by atoms with E-state index in [4.69, 9.17) is 12.3 Å². The van der Waals surface area contributed by atoms with Crippen LogP contribution in [0.5, 0.6) is 0 Å². The number of rotatable bonds is 24. The van der Waals surface area contributed by atoms with E-state index in [1.807, 2.05) is 39.8 Å². The number of hydrogen-bond donors (Lipinski definition) is 8. The molecule has 1 aromatic carbocycles. The van der Waals surface area contributed by atoms with Crippen molar-refractivity contribution < 1.29 is 78.8 Å². The minimum atomic E-state index is -3.91. The van der Waals surface area contributed by atoms with Crippen molar-refractivity contribution in [1.82, 2.24) is 51.5 Å². The van der Waals surface area contributed by atoms with Crippen LogP contribution in [0.2, 0.25) is 0 Å². The molecule has 0 saturated carbocycles. The van der Waals surface area contributed by atoms with Gasteiger partial charge >= 0.3 is 27.2 Å². The molecule has 6 aliphatic rings. The van der Waals surface area contributed by atoms with E-state index in [2.05, 4.69) is 36.8 Å². The van der Waals surface area contributed by atoms with E-state index in [9.17, 15) is 66.5 Å². The van der Waals surface area contributed by atoms with Crippen molar-refractivity contribution in [2.45, 2.75) is 120 Å². The molecule has 0 aromatic heterocycles. The number of para-hydroxylation sites is 1. The van der Waals surface area contributed by atoms with Gasteiger partial charge in [-0.15, -0.1) is 0 Å². The Morgan fingerprint density at radius 1 is 0.817 bits per heavy atom. The van der Waals surface area contributed by atoms with Crippen LogP contribution in [-0.2, 0) is 77.9 Å². The number of aliphatic hydroxyl groups is 1. The first-order valence-electron chi connectivity index (χ1n) is 28.3. The number of aliphatic hydroxyl groups excluding tert-OH is 1. The smallest absolute Gasteiger partial charge is 0.558 e. The molecule has 450 valence electrons. The van der Waals surface area contributed by atoms with Gasteiger partial charge < -0.3 is 67.6 Å². The Bertz CT molecular complexity index is 2500. The number of aryl methyl sites for hydroxylation is 1. The molecule has 82 heavy (non-hydrogen) atoms. The van der Waals surface area contributed by atoms with Crippen molar-refractivity contribution in [3.05, 3.63) is 29.3 Å². The van der Waals surface area contributed by atoms with E-state index >= 15 is 0 Å². The highest BCUT2D eigenvalue weighted by atomic mass is 27.3. The first kappa shape index (κ1) is 63.4. The van der Waals surface area contributed by atoms with Gasteiger partial charge in [0.1, 0.15) is 30.0 Å². The van der Waals surface area contributed by atoms with Crippen LogP contribution in [0.1, 0.15) is 82.8 Å². The normalized spacial score (nSPS) is 25.2. The zero-order valence-corrected chi connectivity index (χ0v) is 47.7. The molecule has 3 unspecified atom stereocenters. The second-order valence-corrected chi connectivity index (χ2v) is 23.1. The van der Waals surface area contributed by atoms with Gasteiger partial charge in [0.05, 0.1) is 37.8 Å². The number of amides is 6. The number of carbonyl (C=O) groups excluding carboxylic acids is 10. The lowest BCUT2D eigenvalue weighted by molar-refractivity contribution is -0.155. The number of ether oxygens (including phenoxy) is 1. The average molecular weight is 1170 g/mol. The molecule has 6 heterocycles. The number of benzene rings is 1. The highest BCUT2D eigenvalue weighted by Gasteiger charge is 2.47. The fourth-order valence-electron chi connectivity index (χ4n) is 11.3. The molecule has 6 aliphatic heterocycles. The number of anilines is 1. The third-order valence-electron chi connectivity index (χ3n) is 16.3. The Hall–Kier alpha value is -6.19. The van der Waals surface area contributed by atoms with Crippen LogP contribution in [0.25, 0.3) is 0 Å². The molecule has 4 fully saturated rings. The van der Waals surface area contributed by atoms with Crippen LogP contribution in [0.15, 0.2) is 18.2 Å². The topological polar surface area (TPSA) is 344 Å². The minimum Gasteiger partial charge on any atom is -0.558 e. The maximum absolute atomic E-state index is 14.4. The molecule has 0 radical (unpaired) electrons. The van der Waals surface area contributed by atoms with Gasteiger partial charge in [-0.2, -0.15) is 0 Å². The van der Waals surface area contributed by atoms with Gasteiger partial charge in [0.15, 0.2) is 0 Å². The van der Waals surface area contributed by atoms with E-state index in [1.165, 1.54) is 4.90 Å². The summed E-state index contributed by atoms with van der Waals surface area (Å²) in [6.07, 6.45) is 0.792. The van der Waals surface area contributed by atoms with Gasteiger partial charge in [0.25, 0.3) is 11.9 Å². The van der Waals surface area contributed by atoms with Crippen LogP contribution in [0.3, 0.4) is 0 Å². The Balaban J connectivity index is 0.829. The number of piperidine rings is 1. The number of likely N-dealkylation sites (tertiary alicyclic amines) is 1. The van der Waals surface area contributed by atoms with Crippen molar-refractivity contribution in [3.8, 4) is 0 Å². The number of aldehydes is 1. The first-order valence-corrected chi connectivity index (χ1v) is 29.7. The number of carboxylic acids is 1. The number of esters is 1. The van der Waals surface area contributed by atoms with Crippen molar-refractivity contribution in [2.75, 3.05) is 103 Å². The largest absolute Gasteiger partial charge is 1.15 e. The SMILES string of the molecule is CC[C@H](C)[C@@](C=O)(CN[C@H]1CCc2cccc3c2N(C1=O)[C@H](C(=O)N[C@H]1CC(=O)OC1O)C3)NC(=O)CCNC(=O)CCNC(=O)[C@@H](CCC(=O)O)NC(=O)CN1CCC(CN2CCN3CCN(CC2)CC(=O)[O][Al]([F])[O]C(=O)C3)CC1. The molecule has 6 amide bonds. The Kier molecular flexibility index (Phi) is 23.1. The highest BCUT2D eigenvalue weighted by molar-refractivity contribution is 6.41. The average Bonchev–Trinajstić information content (AvgIpc) is 2.93. The second kappa shape index (κ2) is 29.9. The quantitative estimate of drug-likeness (QED) is 0.0286. The fourth-order valence-corrected chi connectivity index (χ4v) is 11.9. The van der Waals surface area contributed by atoms with Gasteiger partial charge in [-0.05, 0) is 68.2 Å². The third kappa shape index (κ3) is 17.7. The highest BCUT2D eigenvalue weighted by Crippen LogP contribution is 2.39. The third-order valence-corrected chi connectivity index (χ3v) is 17.2. The summed E-state index contributed by atoms with van der Waals surface area (Å²) in [5, 5.41) is 36.1. The van der Waals surface area contributed by atoms with Crippen molar-refractivity contribution in [3.63, 3.8) is 0 Å². The van der Waals surface area contributed by atoms with Crippen LogP contribution in [-0.4, -0.2) is 245 Å². The van der Waals surface area contributed by atoms with Crippen LogP contribution >= 0.6 is 0 Å². The number of halogens is 1. The van der Waals surface area contributed by atoms with E-state index in [-0.39, 0.29) is 77.3 Å². The van der Waals surface area contributed by atoms with Gasteiger partial charge in [-0.25, -0.2) is 0 Å². The molecular weight excluding hydrogens is 1090 g/mol. The molecule has 2 bridgehead atoms. The van der Waals surface area contributed by atoms with Gasteiger partial charge in [0.2, 0.25) is 41.7 Å². The lowest BCUT2D eigenvalue weighted by Gasteiger charge is -2.37. The van der Waals surface area contributed by atoms with E-state index in [0.717, 1.165) is 30.5 Å². The Morgan fingerprint density at radius 2 is 1.46 bits per heavy atom. The first-order chi connectivity index (χ1) is 39.2. The predicted molar refractivity (Wildman–Crippen MR) is 288 cm³/mol. The molecule has 1 aromatic rings. The molecule has 29 heteroatoms. The Morgan fingerprint density at radius 3 is 2.10 bits per heavy atom. The molecule has 27 nitrogen and oxygen atoms in total. The summed E-state index contributed by atoms with van der Waals surface area (Å²) in [5.74, 6) is -6.73. The number of fused-ring (bicyclic) bond motifs is 3. The van der Waals surface area contributed by atoms with Gasteiger partial charge in [0, 0.05) is 91.1 Å². The number of carboxylic acid groups (broad SMARTS) is 1. The second-order valence-electron chi connectivity index (χ2n) is 22.1. The molecule has 0 spiro atoms. The van der Waals surface area contributed by atoms with E-state index in [0.29, 0.717) is 83.6 Å². The summed E-state index contributed by atoms with van der Waals surface area (Å²) in [7, 11) is 0. The predicted octanol–water partition coefficient (Wildman–Crippen LogP) is -3.25. The zero-order chi connectivity index (χ0) is 59.1. The number of nitrogens with zero attached hydrogens (tertiary/aromatic N) is 5. The van der Waals surface area contributed by atoms with Crippen LogP contribution in [0.4, 0.5) is 9.21 Å². The number of cyclic esters (lactones) is 1. The number of aliphatic carboxylic acids is 1. The number of carbonyl (C=O) groups is 11. The Labute approximate surface area is 479 Å². The maximum atomic E-state index is 14.4. The summed E-state index contributed by atoms with van der Waals surface area (Å²) in [5.41, 5.74) is 0.762. The lowest BCUT2D eigenvalue weighted by Crippen LogP contribution is -2.63. The summed E-state index contributed by atoms with van der Waals surface area (Å²) < 4.78 is 28.4. The van der Waals surface area contributed by atoms with Gasteiger partial charge in [-0.3, -0.25) is 67.5 Å². The molecular formula is C53H77AlFN11O16.